The molecule has 3 nitrogen and oxygen atoms in total. The van der Waals surface area contributed by atoms with Gasteiger partial charge in [-0.3, -0.25) is 4.79 Å². The number of hydrogen-bond donors (Lipinski definition) is 2. The lowest BCUT2D eigenvalue weighted by atomic mass is 9.98. The SMILES string of the molecule is CCC(NC(=O)C[C@@H]1CCC[C@H]1N)c1ccc(C)cc1. The summed E-state index contributed by atoms with van der Waals surface area (Å²) in [4.78, 5) is 12.2. The van der Waals surface area contributed by atoms with Crippen molar-refractivity contribution in [1.29, 1.82) is 0 Å². The van der Waals surface area contributed by atoms with Crippen LogP contribution in [0.3, 0.4) is 0 Å². The molecule has 0 heterocycles. The van der Waals surface area contributed by atoms with Crippen LogP contribution < -0.4 is 11.1 Å². The van der Waals surface area contributed by atoms with Gasteiger partial charge in [-0.1, -0.05) is 43.2 Å². The van der Waals surface area contributed by atoms with Crippen LogP contribution in [0.5, 0.6) is 0 Å². The summed E-state index contributed by atoms with van der Waals surface area (Å²) >= 11 is 0. The van der Waals surface area contributed by atoms with E-state index in [0.717, 1.165) is 25.7 Å². The summed E-state index contributed by atoms with van der Waals surface area (Å²) in [6.45, 7) is 4.18. The first-order valence-corrected chi connectivity index (χ1v) is 7.71. The number of carbonyl (C=O) groups is 1. The first kappa shape index (κ1) is 15.0. The molecule has 0 bridgehead atoms. The number of rotatable bonds is 5. The zero-order valence-corrected chi connectivity index (χ0v) is 12.6. The van der Waals surface area contributed by atoms with Crippen LogP contribution in [0.1, 0.15) is 56.2 Å². The van der Waals surface area contributed by atoms with Crippen molar-refractivity contribution in [1.82, 2.24) is 5.32 Å². The van der Waals surface area contributed by atoms with Crippen LogP contribution in [0.2, 0.25) is 0 Å². The van der Waals surface area contributed by atoms with Crippen LogP contribution in [0.25, 0.3) is 0 Å². The van der Waals surface area contributed by atoms with Gasteiger partial charge < -0.3 is 11.1 Å². The predicted octanol–water partition coefficient (Wildman–Crippen LogP) is 3.08. The van der Waals surface area contributed by atoms with Crippen LogP contribution >= 0.6 is 0 Å². The minimum absolute atomic E-state index is 0.112. The number of aryl methyl sites for hydroxylation is 1. The topological polar surface area (TPSA) is 55.1 Å². The third kappa shape index (κ3) is 3.83. The standard InChI is InChI=1S/C17H26N2O/c1-3-16(13-9-7-12(2)8-10-13)19-17(20)11-14-5-4-6-15(14)18/h7-10,14-16H,3-6,11,18H2,1-2H3,(H,19,20)/t14-,15+,16?/m0/s1. The van der Waals surface area contributed by atoms with Crippen molar-refractivity contribution in [3.8, 4) is 0 Å². The van der Waals surface area contributed by atoms with Gasteiger partial charge in [0.15, 0.2) is 0 Å². The quantitative estimate of drug-likeness (QED) is 0.867. The molecule has 3 N–H and O–H groups in total. The largest absolute Gasteiger partial charge is 0.349 e. The lowest BCUT2D eigenvalue weighted by molar-refractivity contribution is -0.122. The van der Waals surface area contributed by atoms with Crippen molar-refractivity contribution in [3.05, 3.63) is 35.4 Å². The van der Waals surface area contributed by atoms with E-state index < -0.39 is 0 Å². The van der Waals surface area contributed by atoms with E-state index in [-0.39, 0.29) is 18.0 Å². The Morgan fingerprint density at radius 2 is 2.05 bits per heavy atom. The van der Waals surface area contributed by atoms with Gasteiger partial charge in [-0.05, 0) is 37.7 Å². The predicted molar refractivity (Wildman–Crippen MR) is 82.3 cm³/mol. The number of nitrogens with one attached hydrogen (secondary N) is 1. The van der Waals surface area contributed by atoms with E-state index in [1.54, 1.807) is 0 Å². The zero-order chi connectivity index (χ0) is 14.5. The maximum Gasteiger partial charge on any atom is 0.220 e. The molecule has 1 aromatic carbocycles. The van der Waals surface area contributed by atoms with Crippen LogP contribution in [0, 0.1) is 12.8 Å². The van der Waals surface area contributed by atoms with E-state index in [4.69, 9.17) is 5.73 Å². The molecule has 1 aliphatic rings. The van der Waals surface area contributed by atoms with E-state index in [9.17, 15) is 4.79 Å². The van der Waals surface area contributed by atoms with E-state index in [1.807, 2.05) is 0 Å². The van der Waals surface area contributed by atoms with E-state index in [1.165, 1.54) is 11.1 Å². The van der Waals surface area contributed by atoms with Gasteiger partial charge in [0.05, 0.1) is 6.04 Å². The van der Waals surface area contributed by atoms with Crippen LogP contribution in [-0.2, 0) is 4.79 Å². The molecule has 110 valence electrons. The van der Waals surface area contributed by atoms with Crippen LogP contribution in [0.4, 0.5) is 0 Å². The molecular weight excluding hydrogens is 248 g/mol. The summed E-state index contributed by atoms with van der Waals surface area (Å²) in [6, 6.07) is 8.71. The Bertz CT molecular complexity index is 441. The van der Waals surface area contributed by atoms with Gasteiger partial charge in [0.25, 0.3) is 0 Å². The Morgan fingerprint density at radius 1 is 1.35 bits per heavy atom. The molecule has 1 unspecified atom stereocenters. The highest BCUT2D eigenvalue weighted by molar-refractivity contribution is 5.76. The zero-order valence-electron chi connectivity index (χ0n) is 12.6. The molecule has 3 heteroatoms. The lowest BCUT2D eigenvalue weighted by Crippen LogP contribution is -2.33. The molecule has 20 heavy (non-hydrogen) atoms. The highest BCUT2D eigenvalue weighted by Crippen LogP contribution is 2.27. The van der Waals surface area contributed by atoms with Crippen molar-refractivity contribution in [2.24, 2.45) is 11.7 Å². The maximum atomic E-state index is 12.2. The van der Waals surface area contributed by atoms with Crippen LogP contribution in [0.15, 0.2) is 24.3 Å². The van der Waals surface area contributed by atoms with E-state index >= 15 is 0 Å². The molecule has 1 amide bonds. The molecule has 0 aromatic heterocycles. The fourth-order valence-electron chi connectivity index (χ4n) is 3.03. The number of amides is 1. The smallest absolute Gasteiger partial charge is 0.220 e. The summed E-state index contributed by atoms with van der Waals surface area (Å²) < 4.78 is 0. The monoisotopic (exact) mass is 274 g/mol. The minimum atomic E-state index is 0.112. The molecule has 0 saturated heterocycles. The maximum absolute atomic E-state index is 12.2. The molecule has 1 aromatic rings. The highest BCUT2D eigenvalue weighted by atomic mass is 16.1. The fraction of sp³-hybridized carbons (Fsp3) is 0.588. The second-order valence-corrected chi connectivity index (χ2v) is 6.00. The van der Waals surface area contributed by atoms with Crippen molar-refractivity contribution in [3.63, 3.8) is 0 Å². The summed E-state index contributed by atoms with van der Waals surface area (Å²) in [6.07, 6.45) is 4.80. The second-order valence-electron chi connectivity index (χ2n) is 6.00. The Hall–Kier alpha value is -1.35. The Balaban J connectivity index is 1.92. The van der Waals surface area contributed by atoms with Crippen molar-refractivity contribution >= 4 is 5.91 Å². The highest BCUT2D eigenvalue weighted by Gasteiger charge is 2.26. The third-order valence-corrected chi connectivity index (χ3v) is 4.39. The summed E-state index contributed by atoms with van der Waals surface area (Å²) in [5.41, 5.74) is 8.46. The second kappa shape index (κ2) is 6.89. The molecule has 0 spiro atoms. The number of nitrogens with two attached hydrogens (primary N) is 1. The van der Waals surface area contributed by atoms with Gasteiger partial charge in [0, 0.05) is 12.5 Å². The van der Waals surface area contributed by atoms with Crippen molar-refractivity contribution in [2.45, 2.75) is 58.0 Å². The molecule has 1 fully saturated rings. The average molecular weight is 274 g/mol. The summed E-state index contributed by atoms with van der Waals surface area (Å²) in [5, 5.41) is 3.16. The van der Waals surface area contributed by atoms with E-state index in [2.05, 4.69) is 43.4 Å². The van der Waals surface area contributed by atoms with Crippen LogP contribution in [-0.4, -0.2) is 11.9 Å². The minimum Gasteiger partial charge on any atom is -0.349 e. The molecule has 1 saturated carbocycles. The molecular formula is C17H26N2O. The van der Waals surface area contributed by atoms with Crippen molar-refractivity contribution < 1.29 is 4.79 Å². The Morgan fingerprint density at radius 3 is 2.60 bits per heavy atom. The Kier molecular flexibility index (Phi) is 5.18. The van der Waals surface area contributed by atoms with E-state index in [0.29, 0.717) is 12.3 Å². The molecule has 3 atom stereocenters. The third-order valence-electron chi connectivity index (χ3n) is 4.39. The van der Waals surface area contributed by atoms with Gasteiger partial charge in [0.1, 0.15) is 0 Å². The van der Waals surface area contributed by atoms with Gasteiger partial charge in [-0.15, -0.1) is 0 Å². The van der Waals surface area contributed by atoms with Gasteiger partial charge >= 0.3 is 0 Å². The fourth-order valence-corrected chi connectivity index (χ4v) is 3.03. The molecule has 1 aliphatic carbocycles. The van der Waals surface area contributed by atoms with Gasteiger partial charge in [-0.25, -0.2) is 0 Å². The lowest BCUT2D eigenvalue weighted by Gasteiger charge is -2.20. The first-order valence-electron chi connectivity index (χ1n) is 7.71. The molecule has 0 radical (unpaired) electrons. The molecule has 0 aliphatic heterocycles. The number of benzene rings is 1. The van der Waals surface area contributed by atoms with Gasteiger partial charge in [0.2, 0.25) is 5.91 Å². The Labute approximate surface area is 121 Å². The molecule has 2 rings (SSSR count). The normalized spacial score (nSPS) is 23.6. The number of carbonyl (C=O) groups excluding carboxylic acids is 1. The first-order chi connectivity index (χ1) is 9.60. The average Bonchev–Trinajstić information content (AvgIpc) is 2.83. The van der Waals surface area contributed by atoms with Crippen molar-refractivity contribution in [2.75, 3.05) is 0 Å². The summed E-state index contributed by atoms with van der Waals surface area (Å²) in [7, 11) is 0. The van der Waals surface area contributed by atoms with Gasteiger partial charge in [-0.2, -0.15) is 0 Å². The number of hydrogen-bond acceptors (Lipinski definition) is 2. The summed E-state index contributed by atoms with van der Waals surface area (Å²) in [5.74, 6) is 0.505.